The van der Waals surface area contributed by atoms with E-state index in [0.29, 0.717) is 18.6 Å². The number of rotatable bonds is 5. The summed E-state index contributed by atoms with van der Waals surface area (Å²) in [6.07, 6.45) is 3.96. The second-order valence-electron chi connectivity index (χ2n) is 6.07. The summed E-state index contributed by atoms with van der Waals surface area (Å²) in [5, 5.41) is 0.728. The SMILES string of the molecule is O=C1CCCN1C1CCN(CCOc2ccc(Cl)cc2)CC1. The average molecular weight is 323 g/mol. The third-order valence-electron chi connectivity index (χ3n) is 4.60. The van der Waals surface area contributed by atoms with E-state index in [4.69, 9.17) is 16.3 Å². The summed E-state index contributed by atoms with van der Waals surface area (Å²) < 4.78 is 5.74. The van der Waals surface area contributed by atoms with Crippen LogP contribution in [0, 0.1) is 0 Å². The number of amides is 1. The number of carbonyl (C=O) groups is 1. The molecule has 0 aromatic heterocycles. The lowest BCUT2D eigenvalue weighted by Gasteiger charge is -2.36. The standard InChI is InChI=1S/C17H23ClN2O2/c18-14-3-5-16(6-4-14)22-13-12-19-10-7-15(8-11-19)20-9-1-2-17(20)21/h3-6,15H,1-2,7-13H2. The second-order valence-corrected chi connectivity index (χ2v) is 6.50. The number of hydrogen-bond acceptors (Lipinski definition) is 3. The molecule has 0 atom stereocenters. The van der Waals surface area contributed by atoms with Gasteiger partial charge in [0, 0.05) is 43.7 Å². The molecule has 2 fully saturated rings. The molecule has 22 heavy (non-hydrogen) atoms. The molecule has 120 valence electrons. The quantitative estimate of drug-likeness (QED) is 0.835. The second kappa shape index (κ2) is 7.34. The van der Waals surface area contributed by atoms with Gasteiger partial charge in [-0.2, -0.15) is 0 Å². The number of carbonyl (C=O) groups excluding carboxylic acids is 1. The predicted molar refractivity (Wildman–Crippen MR) is 87.4 cm³/mol. The zero-order chi connectivity index (χ0) is 15.4. The molecule has 0 unspecified atom stereocenters. The summed E-state index contributed by atoms with van der Waals surface area (Å²) in [4.78, 5) is 16.3. The van der Waals surface area contributed by atoms with E-state index in [1.807, 2.05) is 24.3 Å². The summed E-state index contributed by atoms with van der Waals surface area (Å²) in [5.41, 5.74) is 0. The van der Waals surface area contributed by atoms with Crippen molar-refractivity contribution in [2.45, 2.75) is 31.7 Å². The van der Waals surface area contributed by atoms with E-state index in [0.717, 1.165) is 62.6 Å². The van der Waals surface area contributed by atoms with E-state index < -0.39 is 0 Å². The van der Waals surface area contributed by atoms with Crippen LogP contribution in [0.4, 0.5) is 0 Å². The Bertz CT molecular complexity index is 498. The number of likely N-dealkylation sites (tertiary alicyclic amines) is 2. The van der Waals surface area contributed by atoms with Gasteiger partial charge in [-0.05, 0) is 43.5 Å². The molecule has 2 heterocycles. The van der Waals surface area contributed by atoms with Crippen LogP contribution in [0.5, 0.6) is 5.75 Å². The molecule has 1 aromatic rings. The fourth-order valence-electron chi connectivity index (χ4n) is 3.33. The number of nitrogens with zero attached hydrogens (tertiary/aromatic N) is 2. The van der Waals surface area contributed by atoms with Crippen molar-refractivity contribution < 1.29 is 9.53 Å². The van der Waals surface area contributed by atoms with E-state index in [2.05, 4.69) is 9.80 Å². The summed E-state index contributed by atoms with van der Waals surface area (Å²) in [5.74, 6) is 1.21. The number of hydrogen-bond donors (Lipinski definition) is 0. The van der Waals surface area contributed by atoms with Crippen molar-refractivity contribution in [3.63, 3.8) is 0 Å². The highest BCUT2D eigenvalue weighted by molar-refractivity contribution is 6.30. The molecular formula is C17H23ClN2O2. The van der Waals surface area contributed by atoms with Crippen LogP contribution in [0.1, 0.15) is 25.7 Å². The van der Waals surface area contributed by atoms with Gasteiger partial charge in [-0.15, -0.1) is 0 Å². The lowest BCUT2D eigenvalue weighted by Crippen LogP contribution is -2.46. The molecule has 1 amide bonds. The third-order valence-corrected chi connectivity index (χ3v) is 4.85. The highest BCUT2D eigenvalue weighted by Gasteiger charge is 2.30. The predicted octanol–water partition coefficient (Wildman–Crippen LogP) is 2.81. The van der Waals surface area contributed by atoms with Crippen LogP contribution in [-0.2, 0) is 4.79 Å². The van der Waals surface area contributed by atoms with Crippen LogP contribution >= 0.6 is 11.6 Å². The molecular weight excluding hydrogens is 300 g/mol. The van der Waals surface area contributed by atoms with Gasteiger partial charge in [-0.25, -0.2) is 0 Å². The third kappa shape index (κ3) is 3.93. The van der Waals surface area contributed by atoms with Gasteiger partial charge in [0.05, 0.1) is 0 Å². The van der Waals surface area contributed by atoms with E-state index in [1.165, 1.54) is 0 Å². The minimum Gasteiger partial charge on any atom is -0.492 e. The van der Waals surface area contributed by atoms with E-state index in [-0.39, 0.29) is 0 Å². The molecule has 2 aliphatic heterocycles. The number of halogens is 1. The van der Waals surface area contributed by atoms with Gasteiger partial charge >= 0.3 is 0 Å². The fourth-order valence-corrected chi connectivity index (χ4v) is 3.46. The Kier molecular flexibility index (Phi) is 5.21. The first-order valence-corrected chi connectivity index (χ1v) is 8.50. The Morgan fingerprint density at radius 1 is 1.14 bits per heavy atom. The van der Waals surface area contributed by atoms with Crippen molar-refractivity contribution in [1.29, 1.82) is 0 Å². The zero-order valence-electron chi connectivity index (χ0n) is 12.8. The lowest BCUT2D eigenvalue weighted by atomic mass is 10.0. The Balaban J connectivity index is 1.37. The van der Waals surface area contributed by atoms with Gasteiger partial charge in [0.25, 0.3) is 0 Å². The summed E-state index contributed by atoms with van der Waals surface area (Å²) in [7, 11) is 0. The number of benzene rings is 1. The van der Waals surface area contributed by atoms with Crippen molar-refractivity contribution in [2.75, 3.05) is 32.8 Å². The van der Waals surface area contributed by atoms with Crippen LogP contribution in [0.15, 0.2) is 24.3 Å². The maximum atomic E-state index is 11.8. The van der Waals surface area contributed by atoms with Crippen LogP contribution in [0.25, 0.3) is 0 Å². The highest BCUT2D eigenvalue weighted by Crippen LogP contribution is 2.22. The van der Waals surface area contributed by atoms with Crippen LogP contribution < -0.4 is 4.74 Å². The van der Waals surface area contributed by atoms with Gasteiger partial charge in [0.15, 0.2) is 0 Å². The van der Waals surface area contributed by atoms with Gasteiger partial charge in [0.1, 0.15) is 12.4 Å². The van der Waals surface area contributed by atoms with Gasteiger partial charge < -0.3 is 9.64 Å². The lowest BCUT2D eigenvalue weighted by molar-refractivity contribution is -0.130. The monoisotopic (exact) mass is 322 g/mol. The number of piperidine rings is 1. The first-order chi connectivity index (χ1) is 10.7. The molecule has 5 heteroatoms. The first kappa shape index (κ1) is 15.6. The van der Waals surface area contributed by atoms with Gasteiger partial charge in [-0.1, -0.05) is 11.6 Å². The molecule has 1 aromatic carbocycles. The van der Waals surface area contributed by atoms with Gasteiger partial charge in [-0.3, -0.25) is 9.69 Å². The van der Waals surface area contributed by atoms with Crippen molar-refractivity contribution in [1.82, 2.24) is 9.80 Å². The smallest absolute Gasteiger partial charge is 0.222 e. The van der Waals surface area contributed by atoms with Crippen LogP contribution in [0.3, 0.4) is 0 Å². The molecule has 0 N–H and O–H groups in total. The maximum Gasteiger partial charge on any atom is 0.222 e. The van der Waals surface area contributed by atoms with E-state index in [9.17, 15) is 4.79 Å². The minimum atomic E-state index is 0.351. The molecule has 0 spiro atoms. The summed E-state index contributed by atoms with van der Waals surface area (Å²) in [6, 6.07) is 7.94. The van der Waals surface area contributed by atoms with Crippen LogP contribution in [0.2, 0.25) is 5.02 Å². The Labute approximate surface area is 137 Å². The van der Waals surface area contributed by atoms with E-state index >= 15 is 0 Å². The highest BCUT2D eigenvalue weighted by atomic mass is 35.5. The van der Waals surface area contributed by atoms with Crippen LogP contribution in [-0.4, -0.2) is 54.5 Å². The molecule has 4 nitrogen and oxygen atoms in total. The van der Waals surface area contributed by atoms with E-state index in [1.54, 1.807) is 0 Å². The normalized spacial score (nSPS) is 20.6. The minimum absolute atomic E-state index is 0.351. The molecule has 3 rings (SSSR count). The maximum absolute atomic E-state index is 11.8. The molecule has 2 saturated heterocycles. The largest absolute Gasteiger partial charge is 0.492 e. The first-order valence-electron chi connectivity index (χ1n) is 8.12. The van der Waals surface area contributed by atoms with Crippen molar-refractivity contribution >= 4 is 17.5 Å². The van der Waals surface area contributed by atoms with Crippen molar-refractivity contribution in [3.8, 4) is 5.75 Å². The van der Waals surface area contributed by atoms with Crippen molar-refractivity contribution in [3.05, 3.63) is 29.3 Å². The Morgan fingerprint density at radius 2 is 1.86 bits per heavy atom. The number of ether oxygens (including phenoxy) is 1. The molecule has 0 bridgehead atoms. The zero-order valence-corrected chi connectivity index (χ0v) is 13.6. The topological polar surface area (TPSA) is 32.8 Å². The molecule has 0 radical (unpaired) electrons. The molecule has 0 aliphatic carbocycles. The Morgan fingerprint density at radius 3 is 2.50 bits per heavy atom. The fraction of sp³-hybridized carbons (Fsp3) is 0.588. The summed E-state index contributed by atoms with van der Waals surface area (Å²) >= 11 is 5.85. The van der Waals surface area contributed by atoms with Crippen molar-refractivity contribution in [2.24, 2.45) is 0 Å². The Hall–Kier alpha value is -1.26. The summed E-state index contributed by atoms with van der Waals surface area (Å²) in [6.45, 7) is 4.69. The average Bonchev–Trinajstić information content (AvgIpc) is 2.96. The molecule has 2 aliphatic rings. The molecule has 0 saturated carbocycles. The van der Waals surface area contributed by atoms with Gasteiger partial charge in [0.2, 0.25) is 5.91 Å².